The molecule has 20 heavy (non-hydrogen) atoms. The Kier molecular flexibility index (Phi) is 6.34. The zero-order valence-electron chi connectivity index (χ0n) is 11.6. The predicted octanol–water partition coefficient (Wildman–Crippen LogP) is 1.93. The highest BCUT2D eigenvalue weighted by Gasteiger charge is 2.12. The molecule has 1 aromatic carbocycles. The van der Waals surface area contributed by atoms with Gasteiger partial charge in [-0.05, 0) is 44.5 Å². The quantitative estimate of drug-likeness (QED) is 0.781. The number of hydrogen-bond donors (Lipinski definition) is 2. The Balaban J connectivity index is 1.51. The van der Waals surface area contributed by atoms with E-state index in [4.69, 9.17) is 9.47 Å². The number of hydrogen-bond acceptors (Lipinski definition) is 4. The third-order valence-electron chi connectivity index (χ3n) is 3.18. The van der Waals surface area contributed by atoms with Crippen molar-refractivity contribution in [2.24, 2.45) is 0 Å². The van der Waals surface area contributed by atoms with Gasteiger partial charge in [-0.15, -0.1) is 0 Å². The molecule has 1 aromatic rings. The van der Waals surface area contributed by atoms with Crippen LogP contribution in [0.2, 0.25) is 0 Å². The summed E-state index contributed by atoms with van der Waals surface area (Å²) in [4.78, 5) is 11.5. The number of carbonyl (C=O) groups is 1. The number of rotatable bonds is 6. The lowest BCUT2D eigenvalue weighted by atomic mass is 10.1. The molecule has 1 amide bonds. The lowest BCUT2D eigenvalue weighted by Gasteiger charge is -2.22. The summed E-state index contributed by atoms with van der Waals surface area (Å²) in [6, 6.07) is 9.04. The van der Waals surface area contributed by atoms with Crippen LogP contribution in [0, 0.1) is 0 Å². The van der Waals surface area contributed by atoms with E-state index in [1.807, 2.05) is 18.2 Å². The Bertz CT molecular complexity index is 391. The molecule has 110 valence electrons. The number of piperidine rings is 1. The molecule has 1 heterocycles. The molecule has 1 aliphatic rings. The van der Waals surface area contributed by atoms with Crippen molar-refractivity contribution in [1.29, 1.82) is 0 Å². The van der Waals surface area contributed by atoms with E-state index in [1.54, 1.807) is 12.1 Å². The van der Waals surface area contributed by atoms with E-state index >= 15 is 0 Å². The average molecular weight is 278 g/mol. The smallest absolute Gasteiger partial charge is 0.410 e. The summed E-state index contributed by atoms with van der Waals surface area (Å²) in [5.41, 5.74) is 0. The first kappa shape index (κ1) is 14.8. The van der Waals surface area contributed by atoms with Crippen LogP contribution in [0.3, 0.4) is 0 Å². The maximum atomic E-state index is 11.5. The van der Waals surface area contributed by atoms with Crippen LogP contribution < -0.4 is 15.4 Å². The van der Waals surface area contributed by atoms with Gasteiger partial charge in [-0.2, -0.15) is 0 Å². The van der Waals surface area contributed by atoms with Crippen LogP contribution in [-0.4, -0.2) is 38.4 Å². The average Bonchev–Trinajstić information content (AvgIpc) is 2.49. The number of benzene rings is 1. The molecule has 2 rings (SSSR count). The molecule has 5 nitrogen and oxygen atoms in total. The highest BCUT2D eigenvalue weighted by molar-refractivity contribution is 5.70. The van der Waals surface area contributed by atoms with E-state index in [0.29, 0.717) is 25.0 Å². The molecule has 2 N–H and O–H groups in total. The maximum Gasteiger partial charge on any atom is 0.412 e. The van der Waals surface area contributed by atoms with Gasteiger partial charge in [0.05, 0.1) is 6.10 Å². The standard InChI is InChI=1S/C15H22N2O3/c18-15(20-14-5-2-1-3-6-14)17-9-4-12-19-13-7-10-16-11-8-13/h1-3,5-6,13,16H,4,7-12H2,(H,17,18). The van der Waals surface area contributed by atoms with Gasteiger partial charge in [0.15, 0.2) is 0 Å². The van der Waals surface area contributed by atoms with Crippen molar-refractivity contribution in [3.8, 4) is 5.75 Å². The van der Waals surface area contributed by atoms with Crippen LogP contribution in [0.5, 0.6) is 5.75 Å². The normalized spacial score (nSPS) is 15.8. The van der Waals surface area contributed by atoms with Crippen LogP contribution in [0.15, 0.2) is 30.3 Å². The molecular formula is C15H22N2O3. The molecule has 0 unspecified atom stereocenters. The van der Waals surface area contributed by atoms with Gasteiger partial charge in [0.2, 0.25) is 0 Å². The lowest BCUT2D eigenvalue weighted by Crippen LogP contribution is -2.33. The summed E-state index contributed by atoms with van der Waals surface area (Å²) < 4.78 is 10.9. The maximum absolute atomic E-state index is 11.5. The van der Waals surface area contributed by atoms with Gasteiger partial charge in [-0.25, -0.2) is 4.79 Å². The topological polar surface area (TPSA) is 59.6 Å². The molecular weight excluding hydrogens is 256 g/mol. The van der Waals surface area contributed by atoms with Crippen molar-refractivity contribution in [1.82, 2.24) is 10.6 Å². The van der Waals surface area contributed by atoms with E-state index in [9.17, 15) is 4.79 Å². The number of carbonyl (C=O) groups excluding carboxylic acids is 1. The fourth-order valence-corrected chi connectivity index (χ4v) is 2.11. The molecule has 1 fully saturated rings. The number of amides is 1. The summed E-state index contributed by atoms with van der Waals surface area (Å²) >= 11 is 0. The monoisotopic (exact) mass is 278 g/mol. The first-order chi connectivity index (χ1) is 9.84. The summed E-state index contributed by atoms with van der Waals surface area (Å²) in [6.07, 6.45) is 2.89. The Morgan fingerprint density at radius 3 is 2.75 bits per heavy atom. The van der Waals surface area contributed by atoms with Gasteiger partial charge >= 0.3 is 6.09 Å². The molecule has 0 saturated carbocycles. The van der Waals surface area contributed by atoms with Gasteiger partial charge in [0, 0.05) is 13.2 Å². The van der Waals surface area contributed by atoms with Crippen molar-refractivity contribution in [3.05, 3.63) is 30.3 Å². The second-order valence-electron chi connectivity index (χ2n) is 4.80. The molecule has 1 saturated heterocycles. The molecule has 0 spiro atoms. The van der Waals surface area contributed by atoms with Gasteiger partial charge in [-0.3, -0.25) is 0 Å². The Labute approximate surface area is 119 Å². The van der Waals surface area contributed by atoms with Crippen molar-refractivity contribution < 1.29 is 14.3 Å². The third-order valence-corrected chi connectivity index (χ3v) is 3.18. The van der Waals surface area contributed by atoms with Gasteiger partial charge in [0.25, 0.3) is 0 Å². The Hall–Kier alpha value is -1.59. The van der Waals surface area contributed by atoms with Gasteiger partial charge in [0.1, 0.15) is 5.75 Å². The van der Waals surface area contributed by atoms with E-state index in [-0.39, 0.29) is 0 Å². The third kappa shape index (κ3) is 5.59. The molecule has 0 aromatic heterocycles. The second-order valence-corrected chi connectivity index (χ2v) is 4.80. The molecule has 0 bridgehead atoms. The largest absolute Gasteiger partial charge is 0.412 e. The van der Waals surface area contributed by atoms with Crippen molar-refractivity contribution in [2.45, 2.75) is 25.4 Å². The van der Waals surface area contributed by atoms with E-state index in [1.165, 1.54) is 0 Å². The van der Waals surface area contributed by atoms with E-state index in [0.717, 1.165) is 32.4 Å². The number of nitrogens with one attached hydrogen (secondary N) is 2. The van der Waals surface area contributed by atoms with Crippen LogP contribution in [0.4, 0.5) is 4.79 Å². The summed E-state index contributed by atoms with van der Waals surface area (Å²) in [6.45, 7) is 3.31. The predicted molar refractivity (Wildman–Crippen MR) is 76.9 cm³/mol. The van der Waals surface area contributed by atoms with Gasteiger partial charge in [-0.1, -0.05) is 18.2 Å². The van der Waals surface area contributed by atoms with Crippen LogP contribution >= 0.6 is 0 Å². The van der Waals surface area contributed by atoms with Crippen molar-refractivity contribution in [3.63, 3.8) is 0 Å². The molecule has 1 aliphatic heterocycles. The van der Waals surface area contributed by atoms with Crippen LogP contribution in [-0.2, 0) is 4.74 Å². The fraction of sp³-hybridized carbons (Fsp3) is 0.533. The van der Waals surface area contributed by atoms with Crippen molar-refractivity contribution in [2.75, 3.05) is 26.2 Å². The van der Waals surface area contributed by atoms with Crippen LogP contribution in [0.25, 0.3) is 0 Å². The second kappa shape index (κ2) is 8.55. The Morgan fingerprint density at radius 2 is 2.00 bits per heavy atom. The fourth-order valence-electron chi connectivity index (χ4n) is 2.11. The molecule has 0 atom stereocenters. The lowest BCUT2D eigenvalue weighted by molar-refractivity contribution is 0.0319. The minimum atomic E-state index is -0.418. The summed E-state index contributed by atoms with van der Waals surface area (Å²) in [7, 11) is 0. The highest BCUT2D eigenvalue weighted by Crippen LogP contribution is 2.08. The number of ether oxygens (including phenoxy) is 2. The zero-order valence-corrected chi connectivity index (χ0v) is 11.6. The Morgan fingerprint density at radius 1 is 1.25 bits per heavy atom. The first-order valence-electron chi connectivity index (χ1n) is 7.17. The first-order valence-corrected chi connectivity index (χ1v) is 7.17. The summed E-state index contributed by atoms with van der Waals surface area (Å²) in [5, 5.41) is 6.02. The van der Waals surface area contributed by atoms with E-state index in [2.05, 4.69) is 10.6 Å². The van der Waals surface area contributed by atoms with Crippen molar-refractivity contribution >= 4 is 6.09 Å². The summed E-state index contributed by atoms with van der Waals surface area (Å²) in [5.74, 6) is 0.552. The molecule has 0 aliphatic carbocycles. The zero-order chi connectivity index (χ0) is 14.0. The number of para-hydroxylation sites is 1. The minimum Gasteiger partial charge on any atom is -0.410 e. The SMILES string of the molecule is O=C(NCCCOC1CCNCC1)Oc1ccccc1. The van der Waals surface area contributed by atoms with Gasteiger partial charge < -0.3 is 20.1 Å². The molecule has 5 heteroatoms. The molecule has 0 radical (unpaired) electrons. The highest BCUT2D eigenvalue weighted by atomic mass is 16.6. The van der Waals surface area contributed by atoms with Crippen LogP contribution in [0.1, 0.15) is 19.3 Å². The minimum absolute atomic E-state index is 0.368. The van der Waals surface area contributed by atoms with E-state index < -0.39 is 6.09 Å².